The minimum Gasteiger partial charge on any atom is -0.463 e. The van der Waals surface area contributed by atoms with Crippen molar-refractivity contribution in [2.24, 2.45) is 5.92 Å². The maximum Gasteiger partial charge on any atom is 0.327 e. The van der Waals surface area contributed by atoms with Gasteiger partial charge in [-0.05, 0) is 25.2 Å². The first kappa shape index (κ1) is 15.8. The summed E-state index contributed by atoms with van der Waals surface area (Å²) in [5.74, 6) is 0.729. The van der Waals surface area contributed by atoms with Crippen LogP contribution in [-0.4, -0.2) is 39.3 Å². The van der Waals surface area contributed by atoms with Gasteiger partial charge >= 0.3 is 11.7 Å². The van der Waals surface area contributed by atoms with E-state index in [4.69, 9.17) is 15.2 Å². The predicted molar refractivity (Wildman–Crippen MR) is 86.5 cm³/mol. The zero-order valence-electron chi connectivity index (χ0n) is 13.4. The highest BCUT2D eigenvalue weighted by atomic mass is 16.5. The van der Waals surface area contributed by atoms with Crippen molar-refractivity contribution >= 4 is 17.0 Å². The molecule has 0 aliphatic carbocycles. The monoisotopic (exact) mass is 321 g/mol. The number of H-pyrrole nitrogens is 1. The molecule has 3 N–H and O–H groups in total. The van der Waals surface area contributed by atoms with E-state index in [-0.39, 0.29) is 17.5 Å². The zero-order valence-corrected chi connectivity index (χ0v) is 13.4. The fourth-order valence-electron chi connectivity index (χ4n) is 2.73. The summed E-state index contributed by atoms with van der Waals surface area (Å²) in [6.07, 6.45) is 3.86. The molecule has 0 spiro atoms. The lowest BCUT2D eigenvalue weighted by atomic mass is 10.1. The van der Waals surface area contributed by atoms with Crippen LogP contribution in [0.3, 0.4) is 0 Å². The Balaban J connectivity index is 1.83. The number of aromatic amines is 1. The van der Waals surface area contributed by atoms with Gasteiger partial charge in [-0.3, -0.25) is 4.57 Å². The molecular weight excluding hydrogens is 298 g/mol. The second-order valence-corrected chi connectivity index (χ2v) is 5.89. The number of ether oxygens (including phenoxy) is 2. The van der Waals surface area contributed by atoms with Gasteiger partial charge in [0.25, 0.3) is 0 Å². The average Bonchev–Trinajstić information content (AvgIpc) is 3.14. The number of anilines is 1. The molecule has 0 saturated carbocycles. The number of unbranched alkanes of at least 4 members (excludes halogenated alkanes) is 1. The van der Waals surface area contributed by atoms with Gasteiger partial charge in [-0.15, -0.1) is 0 Å². The molecule has 0 radical (unpaired) electrons. The maximum absolute atomic E-state index is 12.2. The topological polar surface area (TPSA) is 108 Å². The molecule has 1 aliphatic rings. The van der Waals surface area contributed by atoms with Crippen molar-refractivity contribution in [3.05, 3.63) is 10.5 Å². The predicted octanol–water partition coefficient (Wildman–Crippen LogP) is 1.31. The Labute approximate surface area is 134 Å². The van der Waals surface area contributed by atoms with E-state index >= 15 is 0 Å². The Bertz CT molecular complexity index is 718. The fourth-order valence-corrected chi connectivity index (χ4v) is 2.73. The average molecular weight is 321 g/mol. The van der Waals surface area contributed by atoms with Gasteiger partial charge in [-0.25, -0.2) is 4.79 Å². The van der Waals surface area contributed by atoms with E-state index in [2.05, 4.69) is 21.9 Å². The van der Waals surface area contributed by atoms with Crippen LogP contribution in [0.15, 0.2) is 4.79 Å². The summed E-state index contributed by atoms with van der Waals surface area (Å²) in [4.78, 5) is 23.4. The van der Waals surface area contributed by atoms with Crippen LogP contribution in [0, 0.1) is 5.92 Å². The lowest BCUT2D eigenvalue weighted by molar-refractivity contribution is 0.183. The first-order valence-electron chi connectivity index (χ1n) is 8.15. The van der Waals surface area contributed by atoms with Crippen LogP contribution in [0.5, 0.6) is 6.01 Å². The molecule has 126 valence electrons. The molecule has 3 rings (SSSR count). The van der Waals surface area contributed by atoms with Gasteiger partial charge in [0, 0.05) is 19.8 Å². The van der Waals surface area contributed by atoms with Crippen LogP contribution in [0.2, 0.25) is 0 Å². The van der Waals surface area contributed by atoms with Gasteiger partial charge in [-0.2, -0.15) is 9.97 Å². The minimum absolute atomic E-state index is 0.217. The van der Waals surface area contributed by atoms with Gasteiger partial charge < -0.3 is 20.2 Å². The van der Waals surface area contributed by atoms with E-state index in [1.54, 1.807) is 4.57 Å². The number of fused-ring (bicyclic) bond motifs is 1. The second-order valence-electron chi connectivity index (χ2n) is 5.89. The van der Waals surface area contributed by atoms with Gasteiger partial charge in [0.15, 0.2) is 11.5 Å². The van der Waals surface area contributed by atoms with Gasteiger partial charge in [0.1, 0.15) is 5.52 Å². The van der Waals surface area contributed by atoms with Crippen LogP contribution in [-0.2, 0) is 11.3 Å². The third-order valence-corrected chi connectivity index (χ3v) is 4.14. The number of nitrogens with one attached hydrogen (secondary N) is 1. The van der Waals surface area contributed by atoms with Crippen molar-refractivity contribution in [3.8, 4) is 6.01 Å². The molecule has 1 atom stereocenters. The van der Waals surface area contributed by atoms with E-state index < -0.39 is 0 Å². The highest BCUT2D eigenvalue weighted by Gasteiger charge is 2.18. The van der Waals surface area contributed by atoms with E-state index in [9.17, 15) is 4.79 Å². The van der Waals surface area contributed by atoms with Crippen LogP contribution < -0.4 is 16.2 Å². The third kappa shape index (κ3) is 3.47. The largest absolute Gasteiger partial charge is 0.463 e. The Hall–Kier alpha value is -2.09. The highest BCUT2D eigenvalue weighted by molar-refractivity contribution is 5.81. The minimum atomic E-state index is -0.217. The first-order chi connectivity index (χ1) is 11.2. The molecule has 23 heavy (non-hydrogen) atoms. The van der Waals surface area contributed by atoms with E-state index in [1.807, 2.05) is 0 Å². The molecule has 1 saturated heterocycles. The van der Waals surface area contributed by atoms with Gasteiger partial charge in [0.05, 0.1) is 6.61 Å². The molecule has 0 bridgehead atoms. The van der Waals surface area contributed by atoms with Crippen LogP contribution in [0.25, 0.3) is 11.2 Å². The number of aromatic nitrogens is 4. The molecule has 0 amide bonds. The quantitative estimate of drug-likeness (QED) is 0.744. The number of hydrogen-bond acceptors (Lipinski definition) is 6. The van der Waals surface area contributed by atoms with Crippen LogP contribution in [0.4, 0.5) is 5.82 Å². The van der Waals surface area contributed by atoms with Gasteiger partial charge in [-0.1, -0.05) is 13.3 Å². The van der Waals surface area contributed by atoms with Crippen molar-refractivity contribution in [1.29, 1.82) is 0 Å². The number of aryl methyl sites for hydroxylation is 1. The summed E-state index contributed by atoms with van der Waals surface area (Å²) in [6, 6.07) is 0.223. The van der Waals surface area contributed by atoms with E-state index in [0.717, 1.165) is 38.9 Å². The molecule has 0 unspecified atom stereocenters. The van der Waals surface area contributed by atoms with Crippen molar-refractivity contribution in [2.45, 2.75) is 39.2 Å². The first-order valence-corrected chi connectivity index (χ1v) is 8.15. The Morgan fingerprint density at radius 1 is 1.48 bits per heavy atom. The second kappa shape index (κ2) is 6.99. The van der Waals surface area contributed by atoms with Crippen LogP contribution >= 0.6 is 0 Å². The lowest BCUT2D eigenvalue weighted by Gasteiger charge is -2.09. The summed E-state index contributed by atoms with van der Waals surface area (Å²) in [6.45, 7) is 4.77. The molecule has 2 aromatic heterocycles. The lowest BCUT2D eigenvalue weighted by Crippen LogP contribution is -2.19. The molecule has 8 nitrogen and oxygen atoms in total. The zero-order chi connectivity index (χ0) is 16.2. The van der Waals surface area contributed by atoms with Crippen LogP contribution in [0.1, 0.15) is 32.6 Å². The van der Waals surface area contributed by atoms with Crippen molar-refractivity contribution in [2.75, 3.05) is 25.6 Å². The smallest absolute Gasteiger partial charge is 0.327 e. The summed E-state index contributed by atoms with van der Waals surface area (Å²) in [5.41, 5.74) is 6.69. The standard InChI is InChI=1S/C15H23N5O3/c1-2-3-7-23-14-18-12(16)11-13(19-14)20(15(21)17-11)6-4-10-5-8-22-9-10/h10H,2-9H2,1H3,(H,17,21)(H2,16,18,19)/t10-/m1/s1. The number of imidazole rings is 1. The Morgan fingerprint density at radius 3 is 3.09 bits per heavy atom. The molecule has 2 aromatic rings. The number of nitrogens with two attached hydrogens (primary N) is 1. The SMILES string of the molecule is CCCCOc1nc(N)c2[nH]c(=O)n(CC[C@@H]3CCOC3)c2n1. The Morgan fingerprint density at radius 2 is 2.35 bits per heavy atom. The van der Waals surface area contributed by atoms with Crippen molar-refractivity contribution in [1.82, 2.24) is 19.5 Å². The van der Waals surface area contributed by atoms with E-state index in [1.165, 1.54) is 0 Å². The molecule has 8 heteroatoms. The third-order valence-electron chi connectivity index (χ3n) is 4.14. The summed E-state index contributed by atoms with van der Waals surface area (Å²) < 4.78 is 12.5. The summed E-state index contributed by atoms with van der Waals surface area (Å²) in [7, 11) is 0. The van der Waals surface area contributed by atoms with Crippen molar-refractivity contribution in [3.63, 3.8) is 0 Å². The fraction of sp³-hybridized carbons (Fsp3) is 0.667. The van der Waals surface area contributed by atoms with Crippen molar-refractivity contribution < 1.29 is 9.47 Å². The number of rotatable bonds is 7. The summed E-state index contributed by atoms with van der Waals surface area (Å²) in [5, 5.41) is 0. The molecule has 3 heterocycles. The summed E-state index contributed by atoms with van der Waals surface area (Å²) >= 11 is 0. The molecule has 1 aliphatic heterocycles. The number of hydrogen-bond donors (Lipinski definition) is 2. The number of nitrogen functional groups attached to an aromatic ring is 1. The van der Waals surface area contributed by atoms with Gasteiger partial charge in [0.2, 0.25) is 0 Å². The normalized spacial score (nSPS) is 17.9. The maximum atomic E-state index is 12.2. The molecule has 0 aromatic carbocycles. The Kier molecular flexibility index (Phi) is 4.80. The highest BCUT2D eigenvalue weighted by Crippen LogP contribution is 2.20. The molecule has 1 fully saturated rings. The number of nitrogens with zero attached hydrogens (tertiary/aromatic N) is 3. The van der Waals surface area contributed by atoms with E-state index in [0.29, 0.717) is 30.2 Å². The molecular formula is C15H23N5O3.